The minimum atomic E-state index is -1.15. The van der Waals surface area contributed by atoms with Gasteiger partial charge in [0.1, 0.15) is 12.6 Å². The smallest absolute Gasteiger partial charge is 0.407 e. The minimum Gasteiger partial charge on any atom is -0.467 e. The number of nitriles is 1. The molecule has 2 amide bonds. The van der Waals surface area contributed by atoms with Gasteiger partial charge in [-0.25, -0.2) is 9.59 Å². The van der Waals surface area contributed by atoms with E-state index < -0.39 is 30.1 Å². The van der Waals surface area contributed by atoms with Crippen LogP contribution >= 0.6 is 0 Å². The number of rotatable bonds is 11. The van der Waals surface area contributed by atoms with Crippen LogP contribution in [0.25, 0.3) is 0 Å². The lowest BCUT2D eigenvalue weighted by molar-refractivity contribution is -0.145. The van der Waals surface area contributed by atoms with Crippen molar-refractivity contribution in [2.24, 2.45) is 0 Å². The molecule has 0 aliphatic rings. The molecule has 1 aromatic rings. The molecule has 3 N–H and O–H groups in total. The second kappa shape index (κ2) is 13.1. The van der Waals surface area contributed by atoms with Crippen LogP contribution in [-0.2, 0) is 25.7 Å². The first-order valence-corrected chi connectivity index (χ1v) is 8.83. The Morgan fingerprint density at radius 3 is 2.61 bits per heavy atom. The van der Waals surface area contributed by atoms with Crippen LogP contribution in [0.2, 0.25) is 0 Å². The number of carbonyl (C=O) groups is 3. The Kier molecular flexibility index (Phi) is 10.7. The standard InChI is InChI=1S/C19H25N3O6/c1-27-18(25)16(9-5-6-10-20)22-17(24)11-15(23)12-21-19(26)28-13-14-7-3-2-4-8-14/h2-4,7-8,15-16,23H,5-6,9,11-13H2,1H3,(H,21,26)(H,22,24)/t15-,16-/m1/s1. The fraction of sp³-hybridized carbons (Fsp3) is 0.474. The fourth-order valence-corrected chi connectivity index (χ4v) is 2.29. The quantitative estimate of drug-likeness (QED) is 0.378. The lowest BCUT2D eigenvalue weighted by Crippen LogP contribution is -2.43. The van der Waals surface area contributed by atoms with E-state index in [4.69, 9.17) is 10.00 Å². The number of esters is 1. The molecular formula is C19H25N3O6. The monoisotopic (exact) mass is 391 g/mol. The van der Waals surface area contributed by atoms with Crippen molar-refractivity contribution >= 4 is 18.0 Å². The van der Waals surface area contributed by atoms with Crippen LogP contribution < -0.4 is 10.6 Å². The molecule has 0 aliphatic heterocycles. The largest absolute Gasteiger partial charge is 0.467 e. The van der Waals surface area contributed by atoms with E-state index in [1.54, 1.807) is 12.1 Å². The van der Waals surface area contributed by atoms with E-state index >= 15 is 0 Å². The molecule has 9 heteroatoms. The summed E-state index contributed by atoms with van der Waals surface area (Å²) in [6.07, 6.45) is -1.25. The zero-order valence-electron chi connectivity index (χ0n) is 15.7. The van der Waals surface area contributed by atoms with Crippen LogP contribution in [0.1, 0.15) is 31.2 Å². The molecule has 0 saturated carbocycles. The van der Waals surface area contributed by atoms with Crippen molar-refractivity contribution < 1.29 is 29.0 Å². The lowest BCUT2D eigenvalue weighted by atomic mass is 10.1. The molecule has 0 fully saturated rings. The van der Waals surface area contributed by atoms with E-state index in [1.165, 1.54) is 7.11 Å². The van der Waals surface area contributed by atoms with Gasteiger partial charge >= 0.3 is 12.1 Å². The molecule has 0 aromatic heterocycles. The number of amides is 2. The van der Waals surface area contributed by atoms with Crippen molar-refractivity contribution in [3.63, 3.8) is 0 Å². The SMILES string of the molecule is COC(=O)[C@@H](CCCC#N)NC(=O)C[C@@H](O)CNC(=O)OCc1ccccc1. The minimum absolute atomic E-state index is 0.0900. The van der Waals surface area contributed by atoms with Gasteiger partial charge in [0, 0.05) is 13.0 Å². The molecule has 0 radical (unpaired) electrons. The molecule has 9 nitrogen and oxygen atoms in total. The molecule has 0 heterocycles. The summed E-state index contributed by atoms with van der Waals surface area (Å²) in [5.41, 5.74) is 0.822. The first-order chi connectivity index (χ1) is 13.5. The third-order valence-electron chi connectivity index (χ3n) is 3.72. The van der Waals surface area contributed by atoms with Gasteiger partial charge in [0.25, 0.3) is 0 Å². The number of carbonyl (C=O) groups excluding carboxylic acids is 3. The highest BCUT2D eigenvalue weighted by molar-refractivity contribution is 5.84. The number of nitrogens with zero attached hydrogens (tertiary/aromatic N) is 1. The van der Waals surface area contributed by atoms with E-state index in [-0.39, 0.29) is 32.4 Å². The number of aliphatic hydroxyl groups is 1. The molecule has 0 spiro atoms. The van der Waals surface area contributed by atoms with Crippen LogP contribution in [0.15, 0.2) is 30.3 Å². The number of alkyl carbamates (subject to hydrolysis) is 1. The van der Waals surface area contributed by atoms with E-state index in [2.05, 4.69) is 15.4 Å². The Morgan fingerprint density at radius 2 is 1.96 bits per heavy atom. The first kappa shape index (κ1) is 22.9. The first-order valence-electron chi connectivity index (χ1n) is 8.83. The van der Waals surface area contributed by atoms with Crippen LogP contribution in [0.4, 0.5) is 4.79 Å². The number of hydrogen-bond acceptors (Lipinski definition) is 7. The lowest BCUT2D eigenvalue weighted by Gasteiger charge is -2.17. The maximum atomic E-state index is 12.0. The molecule has 0 aliphatic carbocycles. The third-order valence-corrected chi connectivity index (χ3v) is 3.72. The Bertz CT molecular complexity index is 674. The van der Waals surface area contributed by atoms with Crippen molar-refractivity contribution in [1.82, 2.24) is 10.6 Å². The number of benzene rings is 1. The summed E-state index contributed by atoms with van der Waals surface area (Å²) in [7, 11) is 1.20. The zero-order valence-corrected chi connectivity index (χ0v) is 15.7. The van der Waals surface area contributed by atoms with Gasteiger partial charge in [0.05, 0.1) is 25.7 Å². The van der Waals surface area contributed by atoms with Crippen LogP contribution in [0.5, 0.6) is 0 Å². The maximum Gasteiger partial charge on any atom is 0.407 e. The molecule has 0 unspecified atom stereocenters. The average molecular weight is 391 g/mol. The summed E-state index contributed by atoms with van der Waals surface area (Å²) < 4.78 is 9.62. The Labute approximate surface area is 163 Å². The molecule has 2 atom stereocenters. The number of hydrogen-bond donors (Lipinski definition) is 3. The Hall–Kier alpha value is -3.12. The van der Waals surface area contributed by atoms with Crippen molar-refractivity contribution in [1.29, 1.82) is 5.26 Å². The summed E-state index contributed by atoms with van der Waals surface area (Å²) in [6.45, 7) is -0.0921. The van der Waals surface area contributed by atoms with Gasteiger partial charge in [0.15, 0.2) is 0 Å². The van der Waals surface area contributed by atoms with Gasteiger partial charge in [0.2, 0.25) is 5.91 Å². The average Bonchev–Trinajstić information content (AvgIpc) is 2.70. The summed E-state index contributed by atoms with van der Waals surface area (Å²) in [5.74, 6) is -1.19. The van der Waals surface area contributed by atoms with E-state index in [1.807, 2.05) is 24.3 Å². The highest BCUT2D eigenvalue weighted by Crippen LogP contribution is 2.04. The summed E-state index contributed by atoms with van der Waals surface area (Å²) >= 11 is 0. The molecular weight excluding hydrogens is 366 g/mol. The van der Waals surface area contributed by atoms with Gasteiger partial charge in [-0.3, -0.25) is 4.79 Å². The van der Waals surface area contributed by atoms with Crippen LogP contribution in [0, 0.1) is 11.3 Å². The molecule has 0 bridgehead atoms. The van der Waals surface area contributed by atoms with Gasteiger partial charge in [-0.15, -0.1) is 0 Å². The summed E-state index contributed by atoms with van der Waals surface area (Å²) in [5, 5.41) is 23.3. The Balaban J connectivity index is 2.32. The molecule has 28 heavy (non-hydrogen) atoms. The van der Waals surface area contributed by atoms with Gasteiger partial charge < -0.3 is 25.2 Å². The Morgan fingerprint density at radius 1 is 1.25 bits per heavy atom. The zero-order chi connectivity index (χ0) is 20.8. The van der Waals surface area contributed by atoms with E-state index in [9.17, 15) is 19.5 Å². The van der Waals surface area contributed by atoms with Crippen LogP contribution in [0.3, 0.4) is 0 Å². The maximum absolute atomic E-state index is 12.0. The highest BCUT2D eigenvalue weighted by Gasteiger charge is 2.22. The number of methoxy groups -OCH3 is 1. The predicted molar refractivity (Wildman–Crippen MR) is 98.7 cm³/mol. The highest BCUT2D eigenvalue weighted by atomic mass is 16.5. The molecule has 1 rings (SSSR count). The topological polar surface area (TPSA) is 138 Å². The van der Waals surface area contributed by atoms with E-state index in [0.717, 1.165) is 5.56 Å². The van der Waals surface area contributed by atoms with Crippen molar-refractivity contribution in [2.45, 2.75) is 44.4 Å². The van der Waals surface area contributed by atoms with Crippen molar-refractivity contribution in [3.05, 3.63) is 35.9 Å². The summed E-state index contributed by atoms with van der Waals surface area (Å²) in [4.78, 5) is 35.3. The normalized spacial score (nSPS) is 12.2. The number of nitrogens with one attached hydrogen (secondary N) is 2. The predicted octanol–water partition coefficient (Wildman–Crippen LogP) is 1.02. The fourth-order valence-electron chi connectivity index (χ4n) is 2.29. The second-order valence-corrected chi connectivity index (χ2v) is 5.99. The molecule has 1 aromatic carbocycles. The summed E-state index contributed by atoms with van der Waals surface area (Å²) in [6, 6.07) is 10.2. The number of unbranched alkanes of at least 4 members (excludes halogenated alkanes) is 1. The second-order valence-electron chi connectivity index (χ2n) is 5.99. The third kappa shape index (κ3) is 9.54. The molecule has 152 valence electrons. The van der Waals surface area contributed by atoms with Crippen molar-refractivity contribution in [3.8, 4) is 6.07 Å². The number of aliphatic hydroxyl groups excluding tert-OH is 1. The van der Waals surface area contributed by atoms with E-state index in [0.29, 0.717) is 6.42 Å². The van der Waals surface area contributed by atoms with Crippen molar-refractivity contribution in [2.75, 3.05) is 13.7 Å². The van der Waals surface area contributed by atoms with Gasteiger partial charge in [-0.2, -0.15) is 5.26 Å². The molecule has 0 saturated heterocycles. The van der Waals surface area contributed by atoms with Gasteiger partial charge in [-0.05, 0) is 18.4 Å². The van der Waals surface area contributed by atoms with Crippen LogP contribution in [-0.4, -0.2) is 48.9 Å². The van der Waals surface area contributed by atoms with Gasteiger partial charge in [-0.1, -0.05) is 30.3 Å². The number of ether oxygens (including phenoxy) is 2.